The Bertz CT molecular complexity index is 1350. The van der Waals surface area contributed by atoms with E-state index >= 15 is 0 Å². The summed E-state index contributed by atoms with van der Waals surface area (Å²) in [5.41, 5.74) is 12.9. The van der Waals surface area contributed by atoms with Gasteiger partial charge in [-0.3, -0.25) is 19.2 Å². The lowest BCUT2D eigenvalue weighted by atomic mass is 9.99. The standard InChI is InChI=1S/C26H34N8O6/c1-13(2)22(34-23(36)17(27)9-21(28)35)25(38)32-19(7-14-10-30-18-6-4-3-5-16(14)18)24(37)33-20(26(39)40)8-15-11-29-12-31-15/h3-6,10-13,17,19-20,22,30H,7-9,27H2,1-2H3,(H2,28,35)(H,29,31)(H,32,38)(H,33,37)(H,34,36)(H,39,40). The quantitative estimate of drug-likeness (QED) is 0.124. The maximum Gasteiger partial charge on any atom is 0.326 e. The molecule has 4 atom stereocenters. The molecule has 2 heterocycles. The Balaban J connectivity index is 1.84. The molecule has 1 aromatic carbocycles. The minimum Gasteiger partial charge on any atom is -0.480 e. The third kappa shape index (κ3) is 7.89. The molecule has 0 aliphatic carbocycles. The molecule has 3 rings (SSSR count). The Kier molecular flexibility index (Phi) is 9.97. The SMILES string of the molecule is CC(C)C(NC(=O)C(N)CC(N)=O)C(=O)NC(Cc1c[nH]c2ccccc12)C(=O)NC(Cc1cnc[nH]1)C(=O)O. The molecule has 0 aliphatic rings. The normalized spacial score (nSPS) is 14.2. The fourth-order valence-corrected chi connectivity index (χ4v) is 4.18. The highest BCUT2D eigenvalue weighted by atomic mass is 16.4. The number of benzene rings is 1. The number of nitrogens with two attached hydrogens (primary N) is 2. The number of H-pyrrole nitrogens is 2. The Labute approximate surface area is 229 Å². The molecule has 0 radical (unpaired) electrons. The summed E-state index contributed by atoms with van der Waals surface area (Å²) < 4.78 is 0. The van der Waals surface area contributed by atoms with E-state index in [2.05, 4.69) is 30.9 Å². The van der Waals surface area contributed by atoms with Crippen LogP contribution in [0.5, 0.6) is 0 Å². The monoisotopic (exact) mass is 554 g/mol. The molecule has 4 amide bonds. The summed E-state index contributed by atoms with van der Waals surface area (Å²) >= 11 is 0. The number of para-hydroxylation sites is 1. The van der Waals surface area contributed by atoms with Gasteiger partial charge in [-0.2, -0.15) is 0 Å². The van der Waals surface area contributed by atoms with Gasteiger partial charge in [0.05, 0.1) is 18.8 Å². The summed E-state index contributed by atoms with van der Waals surface area (Å²) in [5.74, 6) is -4.63. The van der Waals surface area contributed by atoms with Gasteiger partial charge in [-0.15, -0.1) is 0 Å². The molecule has 4 unspecified atom stereocenters. The van der Waals surface area contributed by atoms with Crippen molar-refractivity contribution in [2.24, 2.45) is 17.4 Å². The predicted octanol–water partition coefficient (Wildman–Crippen LogP) is -0.926. The topological polar surface area (TPSA) is 238 Å². The zero-order valence-corrected chi connectivity index (χ0v) is 22.1. The van der Waals surface area contributed by atoms with E-state index in [4.69, 9.17) is 11.5 Å². The molecule has 40 heavy (non-hydrogen) atoms. The third-order valence-electron chi connectivity index (χ3n) is 6.33. The van der Waals surface area contributed by atoms with Crippen LogP contribution in [0.15, 0.2) is 43.0 Å². The minimum absolute atomic E-state index is 0.0257. The average Bonchev–Trinajstić information content (AvgIpc) is 3.55. The molecule has 3 aromatic rings. The highest BCUT2D eigenvalue weighted by Crippen LogP contribution is 2.19. The van der Waals surface area contributed by atoms with E-state index in [0.29, 0.717) is 11.3 Å². The molecule has 214 valence electrons. The average molecular weight is 555 g/mol. The van der Waals surface area contributed by atoms with Crippen LogP contribution in [0.1, 0.15) is 31.5 Å². The van der Waals surface area contributed by atoms with Gasteiger partial charge in [-0.25, -0.2) is 9.78 Å². The number of rotatable bonds is 14. The number of carboxylic acid groups (broad SMARTS) is 1. The van der Waals surface area contributed by atoms with Gasteiger partial charge in [0.25, 0.3) is 0 Å². The maximum atomic E-state index is 13.4. The van der Waals surface area contributed by atoms with Crippen molar-refractivity contribution in [1.82, 2.24) is 30.9 Å². The van der Waals surface area contributed by atoms with Crippen molar-refractivity contribution in [2.75, 3.05) is 0 Å². The van der Waals surface area contributed by atoms with Crippen LogP contribution in [0.25, 0.3) is 10.9 Å². The maximum absolute atomic E-state index is 13.4. The molecule has 0 bridgehead atoms. The number of imidazole rings is 1. The fourth-order valence-electron chi connectivity index (χ4n) is 4.18. The molecule has 0 aliphatic heterocycles. The molecule has 0 saturated heterocycles. The van der Waals surface area contributed by atoms with Crippen LogP contribution < -0.4 is 27.4 Å². The van der Waals surface area contributed by atoms with Crippen LogP contribution in [0.3, 0.4) is 0 Å². The number of carbonyl (C=O) groups is 5. The second-order valence-electron chi connectivity index (χ2n) is 9.81. The molecule has 0 spiro atoms. The van der Waals surface area contributed by atoms with Gasteiger partial charge >= 0.3 is 5.97 Å². The van der Waals surface area contributed by atoms with Crippen molar-refractivity contribution >= 4 is 40.5 Å². The second-order valence-corrected chi connectivity index (χ2v) is 9.81. The van der Waals surface area contributed by atoms with Crippen LogP contribution in [-0.4, -0.2) is 73.8 Å². The molecule has 2 aromatic heterocycles. The van der Waals surface area contributed by atoms with Gasteiger partial charge in [0.1, 0.15) is 18.1 Å². The van der Waals surface area contributed by atoms with Crippen molar-refractivity contribution in [3.05, 3.63) is 54.2 Å². The van der Waals surface area contributed by atoms with Gasteiger partial charge in [0.15, 0.2) is 0 Å². The lowest BCUT2D eigenvalue weighted by Gasteiger charge is -2.27. The van der Waals surface area contributed by atoms with Crippen LogP contribution in [0.2, 0.25) is 0 Å². The first-order chi connectivity index (χ1) is 19.0. The third-order valence-corrected chi connectivity index (χ3v) is 6.33. The number of hydrogen-bond acceptors (Lipinski definition) is 7. The number of nitrogens with one attached hydrogen (secondary N) is 5. The zero-order chi connectivity index (χ0) is 29.4. The lowest BCUT2D eigenvalue weighted by molar-refractivity contribution is -0.142. The van der Waals surface area contributed by atoms with Crippen molar-refractivity contribution < 1.29 is 29.1 Å². The molecule has 14 heteroatoms. The summed E-state index contributed by atoms with van der Waals surface area (Å²) in [7, 11) is 0. The first-order valence-corrected chi connectivity index (χ1v) is 12.7. The van der Waals surface area contributed by atoms with E-state index in [0.717, 1.165) is 10.9 Å². The molecule has 14 nitrogen and oxygen atoms in total. The minimum atomic E-state index is -1.30. The Morgan fingerprint density at radius 3 is 2.27 bits per heavy atom. The van der Waals surface area contributed by atoms with E-state index in [1.807, 2.05) is 24.3 Å². The summed E-state index contributed by atoms with van der Waals surface area (Å²) in [6, 6.07) is 2.53. The summed E-state index contributed by atoms with van der Waals surface area (Å²) in [4.78, 5) is 72.2. The summed E-state index contributed by atoms with van der Waals surface area (Å²) in [5, 5.41) is 18.2. The Morgan fingerprint density at radius 1 is 0.950 bits per heavy atom. The number of aromatic amines is 2. The smallest absolute Gasteiger partial charge is 0.326 e. The molecule has 0 fully saturated rings. The van der Waals surface area contributed by atoms with Crippen molar-refractivity contribution in [3.8, 4) is 0 Å². The van der Waals surface area contributed by atoms with Crippen LogP contribution in [0.4, 0.5) is 0 Å². The van der Waals surface area contributed by atoms with Crippen molar-refractivity contribution in [3.63, 3.8) is 0 Å². The number of nitrogens with zero attached hydrogens (tertiary/aromatic N) is 1. The van der Waals surface area contributed by atoms with E-state index in [1.165, 1.54) is 12.5 Å². The number of amides is 4. The van der Waals surface area contributed by atoms with Gasteiger partial charge in [-0.1, -0.05) is 32.0 Å². The van der Waals surface area contributed by atoms with Gasteiger partial charge in [-0.05, 0) is 17.5 Å². The largest absolute Gasteiger partial charge is 0.480 e. The van der Waals surface area contributed by atoms with Crippen molar-refractivity contribution in [2.45, 2.75) is 57.3 Å². The molecular formula is C26H34N8O6. The van der Waals surface area contributed by atoms with E-state index in [-0.39, 0.29) is 12.8 Å². The molecule has 0 saturated carbocycles. The highest BCUT2D eigenvalue weighted by molar-refractivity contribution is 5.95. The number of fused-ring (bicyclic) bond motifs is 1. The van der Waals surface area contributed by atoms with E-state index < -0.39 is 66.1 Å². The first-order valence-electron chi connectivity index (χ1n) is 12.7. The van der Waals surface area contributed by atoms with E-state index in [1.54, 1.807) is 20.0 Å². The number of hydrogen-bond donors (Lipinski definition) is 8. The number of carbonyl (C=O) groups excluding carboxylic acids is 4. The molecular weight excluding hydrogens is 520 g/mol. The predicted molar refractivity (Wildman–Crippen MR) is 144 cm³/mol. The Hall–Kier alpha value is -4.72. The van der Waals surface area contributed by atoms with Crippen LogP contribution >= 0.6 is 0 Å². The lowest BCUT2D eigenvalue weighted by Crippen LogP contribution is -2.59. The van der Waals surface area contributed by atoms with Gasteiger partial charge in [0.2, 0.25) is 23.6 Å². The van der Waals surface area contributed by atoms with Gasteiger partial charge < -0.3 is 42.5 Å². The second kappa shape index (κ2) is 13.4. The number of aromatic nitrogens is 3. The zero-order valence-electron chi connectivity index (χ0n) is 22.1. The van der Waals surface area contributed by atoms with Gasteiger partial charge in [0, 0.05) is 41.8 Å². The highest BCUT2D eigenvalue weighted by Gasteiger charge is 2.32. The van der Waals surface area contributed by atoms with Crippen LogP contribution in [-0.2, 0) is 36.8 Å². The van der Waals surface area contributed by atoms with E-state index in [9.17, 15) is 29.1 Å². The van der Waals surface area contributed by atoms with Crippen molar-refractivity contribution in [1.29, 1.82) is 0 Å². The summed E-state index contributed by atoms with van der Waals surface area (Å²) in [6.45, 7) is 3.37. The fraction of sp³-hybridized carbons (Fsp3) is 0.385. The molecule has 10 N–H and O–H groups in total. The summed E-state index contributed by atoms with van der Waals surface area (Å²) in [6.07, 6.45) is 4.12. The van der Waals surface area contributed by atoms with Crippen LogP contribution in [0, 0.1) is 5.92 Å². The first kappa shape index (κ1) is 29.8. The number of aliphatic carboxylic acids is 1. The Morgan fingerprint density at radius 2 is 1.65 bits per heavy atom. The number of carboxylic acids is 1. The number of primary amides is 1.